The van der Waals surface area contributed by atoms with Crippen LogP contribution < -0.4 is 10.2 Å². The standard InChI is InChI=1S/C26H34N4O2/c1-28-18-26(19-29(20-26)17-22-5-3-2-4-6-22)15-24(28)25(31)27-16-21-7-9-23(10-8-21)30-11-13-32-14-12-30/h2-10,24H,11-20H2,1H3,(H,27,31)/t24-/m0/s1. The first-order valence-electron chi connectivity index (χ1n) is 11.8. The maximum Gasteiger partial charge on any atom is 0.237 e. The molecule has 1 atom stereocenters. The molecule has 6 heteroatoms. The van der Waals surface area contributed by atoms with E-state index < -0.39 is 0 Å². The first kappa shape index (κ1) is 21.4. The summed E-state index contributed by atoms with van der Waals surface area (Å²) in [6.45, 7) is 8.21. The highest BCUT2D eigenvalue weighted by Crippen LogP contribution is 2.42. The van der Waals surface area contributed by atoms with E-state index in [2.05, 4.69) is 81.7 Å². The van der Waals surface area contributed by atoms with Gasteiger partial charge in [0.2, 0.25) is 5.91 Å². The molecule has 3 aliphatic rings. The summed E-state index contributed by atoms with van der Waals surface area (Å²) in [7, 11) is 2.09. The summed E-state index contributed by atoms with van der Waals surface area (Å²) < 4.78 is 5.43. The van der Waals surface area contributed by atoms with Gasteiger partial charge in [-0.15, -0.1) is 0 Å². The first-order chi connectivity index (χ1) is 15.6. The van der Waals surface area contributed by atoms with Crippen LogP contribution in [0.4, 0.5) is 5.69 Å². The van der Waals surface area contributed by atoms with Gasteiger partial charge in [-0.2, -0.15) is 0 Å². The number of nitrogens with zero attached hydrogens (tertiary/aromatic N) is 3. The highest BCUT2D eigenvalue weighted by molar-refractivity contribution is 5.82. The fourth-order valence-corrected chi connectivity index (χ4v) is 5.60. The predicted molar refractivity (Wildman–Crippen MR) is 127 cm³/mol. The van der Waals surface area contributed by atoms with Crippen LogP contribution in [0.2, 0.25) is 0 Å². The lowest BCUT2D eigenvalue weighted by molar-refractivity contribution is -0.125. The largest absolute Gasteiger partial charge is 0.378 e. The van der Waals surface area contributed by atoms with Crippen LogP contribution in [-0.4, -0.2) is 74.7 Å². The van der Waals surface area contributed by atoms with Crippen molar-refractivity contribution in [2.45, 2.75) is 25.6 Å². The van der Waals surface area contributed by atoms with Crippen LogP contribution in [0.3, 0.4) is 0 Å². The quantitative estimate of drug-likeness (QED) is 0.756. The minimum Gasteiger partial charge on any atom is -0.378 e. The SMILES string of the molecule is CN1CC2(C[C@H]1C(=O)NCc1ccc(N3CCOCC3)cc1)CN(Cc1ccccc1)C2. The summed E-state index contributed by atoms with van der Waals surface area (Å²) in [4.78, 5) is 20.0. The number of hydrogen-bond donors (Lipinski definition) is 1. The molecular weight excluding hydrogens is 400 g/mol. The number of likely N-dealkylation sites (tertiary alicyclic amines) is 2. The molecule has 0 saturated carbocycles. The summed E-state index contributed by atoms with van der Waals surface area (Å²) in [5, 5.41) is 3.18. The summed E-state index contributed by atoms with van der Waals surface area (Å²) in [5.41, 5.74) is 4.00. The number of benzene rings is 2. The first-order valence-corrected chi connectivity index (χ1v) is 11.8. The molecule has 0 aromatic heterocycles. The molecule has 170 valence electrons. The zero-order valence-corrected chi connectivity index (χ0v) is 19.0. The van der Waals surface area contributed by atoms with E-state index in [1.54, 1.807) is 0 Å². The molecule has 2 aromatic carbocycles. The van der Waals surface area contributed by atoms with E-state index in [1.807, 2.05) is 0 Å². The van der Waals surface area contributed by atoms with Gasteiger partial charge in [0.1, 0.15) is 0 Å². The van der Waals surface area contributed by atoms with Crippen molar-refractivity contribution in [3.63, 3.8) is 0 Å². The van der Waals surface area contributed by atoms with E-state index in [9.17, 15) is 4.79 Å². The Bertz CT molecular complexity index is 905. The molecule has 3 aliphatic heterocycles. The van der Waals surface area contributed by atoms with Crippen LogP contribution in [0.25, 0.3) is 0 Å². The second kappa shape index (κ2) is 9.22. The maximum atomic E-state index is 13.0. The number of ether oxygens (including phenoxy) is 1. The third-order valence-corrected chi connectivity index (χ3v) is 7.19. The minimum absolute atomic E-state index is 0.0264. The Labute approximate surface area is 191 Å². The van der Waals surface area contributed by atoms with Crippen molar-refractivity contribution in [2.75, 3.05) is 57.9 Å². The number of morpholine rings is 1. The number of likely N-dealkylation sites (N-methyl/N-ethyl adjacent to an activating group) is 1. The smallest absolute Gasteiger partial charge is 0.237 e. The van der Waals surface area contributed by atoms with E-state index in [1.165, 1.54) is 11.3 Å². The summed E-state index contributed by atoms with van der Waals surface area (Å²) in [5.74, 6) is 0.156. The van der Waals surface area contributed by atoms with Crippen molar-refractivity contribution < 1.29 is 9.53 Å². The van der Waals surface area contributed by atoms with E-state index in [0.29, 0.717) is 6.54 Å². The highest BCUT2D eigenvalue weighted by atomic mass is 16.5. The lowest BCUT2D eigenvalue weighted by Gasteiger charge is -2.48. The molecule has 0 radical (unpaired) electrons. The molecule has 5 rings (SSSR count). The Morgan fingerprint density at radius 1 is 1.00 bits per heavy atom. The molecule has 1 N–H and O–H groups in total. The van der Waals surface area contributed by atoms with E-state index >= 15 is 0 Å². The fourth-order valence-electron chi connectivity index (χ4n) is 5.60. The zero-order valence-electron chi connectivity index (χ0n) is 19.0. The van der Waals surface area contributed by atoms with Crippen molar-refractivity contribution in [1.82, 2.24) is 15.1 Å². The van der Waals surface area contributed by atoms with E-state index in [4.69, 9.17) is 4.74 Å². The number of hydrogen-bond acceptors (Lipinski definition) is 5. The molecule has 6 nitrogen and oxygen atoms in total. The van der Waals surface area contributed by atoms with Gasteiger partial charge in [0.15, 0.2) is 0 Å². The van der Waals surface area contributed by atoms with Crippen LogP contribution >= 0.6 is 0 Å². The van der Waals surface area contributed by atoms with Crippen LogP contribution in [0, 0.1) is 5.41 Å². The van der Waals surface area contributed by atoms with Gasteiger partial charge >= 0.3 is 0 Å². The highest BCUT2D eigenvalue weighted by Gasteiger charge is 2.51. The van der Waals surface area contributed by atoms with Gasteiger partial charge in [0, 0.05) is 56.9 Å². The molecular formula is C26H34N4O2. The van der Waals surface area contributed by atoms with Crippen molar-refractivity contribution >= 4 is 11.6 Å². The zero-order chi connectivity index (χ0) is 22.0. The Morgan fingerprint density at radius 2 is 1.72 bits per heavy atom. The topological polar surface area (TPSA) is 48.1 Å². The van der Waals surface area contributed by atoms with Crippen molar-refractivity contribution in [3.8, 4) is 0 Å². The number of rotatable bonds is 6. The molecule has 3 heterocycles. The molecule has 2 aromatic rings. The second-order valence-electron chi connectivity index (χ2n) is 9.75. The van der Waals surface area contributed by atoms with Gasteiger partial charge in [0.25, 0.3) is 0 Å². The molecule has 0 unspecified atom stereocenters. The van der Waals surface area contributed by atoms with E-state index in [-0.39, 0.29) is 17.4 Å². The van der Waals surface area contributed by atoms with Crippen LogP contribution in [0.5, 0.6) is 0 Å². The fraction of sp³-hybridized carbons (Fsp3) is 0.500. The Morgan fingerprint density at radius 3 is 2.44 bits per heavy atom. The monoisotopic (exact) mass is 434 g/mol. The number of carbonyl (C=O) groups excluding carboxylic acids is 1. The van der Waals surface area contributed by atoms with Gasteiger partial charge in [-0.25, -0.2) is 0 Å². The van der Waals surface area contributed by atoms with Crippen molar-refractivity contribution in [2.24, 2.45) is 5.41 Å². The predicted octanol–water partition coefficient (Wildman–Crippen LogP) is 2.35. The lowest BCUT2D eigenvalue weighted by Crippen LogP contribution is -2.56. The van der Waals surface area contributed by atoms with Gasteiger partial charge < -0.3 is 15.0 Å². The number of nitrogens with one attached hydrogen (secondary N) is 1. The molecule has 0 bridgehead atoms. The summed E-state index contributed by atoms with van der Waals surface area (Å²) in [6.07, 6.45) is 0.955. The van der Waals surface area contributed by atoms with Crippen molar-refractivity contribution in [1.29, 1.82) is 0 Å². The number of anilines is 1. The minimum atomic E-state index is -0.0264. The van der Waals surface area contributed by atoms with Crippen LogP contribution in [0.1, 0.15) is 17.5 Å². The van der Waals surface area contributed by atoms with Gasteiger partial charge in [-0.3, -0.25) is 14.6 Å². The van der Waals surface area contributed by atoms with Gasteiger partial charge in [-0.1, -0.05) is 42.5 Å². The summed E-state index contributed by atoms with van der Waals surface area (Å²) in [6, 6.07) is 19.2. The molecule has 32 heavy (non-hydrogen) atoms. The average Bonchev–Trinajstić information content (AvgIpc) is 3.16. The summed E-state index contributed by atoms with van der Waals surface area (Å²) >= 11 is 0. The average molecular weight is 435 g/mol. The Hall–Kier alpha value is -2.41. The number of amides is 1. The third kappa shape index (κ3) is 4.68. The molecule has 3 fully saturated rings. The van der Waals surface area contributed by atoms with E-state index in [0.717, 1.165) is 64.5 Å². The molecule has 1 spiro atoms. The second-order valence-corrected chi connectivity index (χ2v) is 9.75. The Balaban J connectivity index is 1.10. The lowest BCUT2D eigenvalue weighted by atomic mass is 9.77. The third-order valence-electron chi connectivity index (χ3n) is 7.19. The number of carbonyl (C=O) groups is 1. The Kier molecular flexibility index (Phi) is 6.17. The maximum absolute atomic E-state index is 13.0. The van der Waals surface area contributed by atoms with Crippen molar-refractivity contribution in [3.05, 3.63) is 65.7 Å². The van der Waals surface area contributed by atoms with Gasteiger partial charge in [-0.05, 0) is 36.7 Å². The molecule has 3 saturated heterocycles. The normalized spacial score (nSPS) is 23.3. The van der Waals surface area contributed by atoms with Gasteiger partial charge in [0.05, 0.1) is 19.3 Å². The van der Waals surface area contributed by atoms with Crippen LogP contribution in [0.15, 0.2) is 54.6 Å². The molecule has 0 aliphatic carbocycles. The molecule has 1 amide bonds. The van der Waals surface area contributed by atoms with Crippen LogP contribution in [-0.2, 0) is 22.6 Å².